The molecule has 0 heterocycles. The second kappa shape index (κ2) is 10.5. The van der Waals surface area contributed by atoms with Crippen LogP contribution < -0.4 is 20.1 Å². The van der Waals surface area contributed by atoms with Gasteiger partial charge in [0.1, 0.15) is 11.4 Å². The minimum atomic E-state index is -3.80. The number of carbonyl (C=O) groups excluding carboxylic acids is 2. The Bertz CT molecular complexity index is 1300. The van der Waals surface area contributed by atoms with E-state index in [-0.39, 0.29) is 10.5 Å². The largest absolute Gasteiger partial charge is 0.495 e. The molecule has 0 aromatic heterocycles. The molecule has 10 heteroatoms. The first-order valence-corrected chi connectivity index (χ1v) is 12.1. The summed E-state index contributed by atoms with van der Waals surface area (Å²) in [5.41, 5.74) is 0.711. The smallest absolute Gasteiger partial charge is 0.412 e. The van der Waals surface area contributed by atoms with E-state index >= 15 is 0 Å². The van der Waals surface area contributed by atoms with Gasteiger partial charge in [0, 0.05) is 16.9 Å². The zero-order valence-electron chi connectivity index (χ0n) is 19.8. The summed E-state index contributed by atoms with van der Waals surface area (Å²) in [6.45, 7) is 5.23. The van der Waals surface area contributed by atoms with Crippen molar-refractivity contribution in [2.75, 3.05) is 22.5 Å². The molecule has 0 bridgehead atoms. The quantitative estimate of drug-likeness (QED) is 0.418. The summed E-state index contributed by atoms with van der Waals surface area (Å²) in [6, 6.07) is 18.8. The second-order valence-corrected chi connectivity index (χ2v) is 10.2. The summed E-state index contributed by atoms with van der Waals surface area (Å²) < 4.78 is 38.2. The molecule has 0 saturated carbocycles. The lowest BCUT2D eigenvalue weighted by molar-refractivity contribution is 0.0635. The third kappa shape index (κ3) is 7.21. The van der Waals surface area contributed by atoms with Gasteiger partial charge in [-0.1, -0.05) is 18.2 Å². The number of anilines is 3. The molecule has 0 aliphatic carbocycles. The number of ether oxygens (including phenoxy) is 2. The highest BCUT2D eigenvalue weighted by molar-refractivity contribution is 7.92. The number of para-hydroxylation sites is 1. The van der Waals surface area contributed by atoms with E-state index in [0.29, 0.717) is 22.8 Å². The molecule has 9 nitrogen and oxygen atoms in total. The predicted octanol–water partition coefficient (Wildman–Crippen LogP) is 5.10. The normalized spacial score (nSPS) is 11.3. The predicted molar refractivity (Wildman–Crippen MR) is 134 cm³/mol. The van der Waals surface area contributed by atoms with Gasteiger partial charge in [0.15, 0.2) is 0 Å². The number of carbonyl (C=O) groups is 2. The Morgan fingerprint density at radius 2 is 1.49 bits per heavy atom. The number of hydrogen-bond acceptors (Lipinski definition) is 6. The Morgan fingerprint density at radius 1 is 0.829 bits per heavy atom. The first-order chi connectivity index (χ1) is 16.5. The third-order valence-corrected chi connectivity index (χ3v) is 5.94. The molecular formula is C25H27N3O6S. The maximum absolute atomic E-state index is 12.7. The summed E-state index contributed by atoms with van der Waals surface area (Å²) in [5.74, 6) is -0.0762. The fourth-order valence-electron chi connectivity index (χ4n) is 3.01. The first-order valence-electron chi connectivity index (χ1n) is 10.6. The van der Waals surface area contributed by atoms with Crippen LogP contribution in [0.15, 0.2) is 77.7 Å². The van der Waals surface area contributed by atoms with Crippen LogP contribution in [0.1, 0.15) is 31.1 Å². The van der Waals surface area contributed by atoms with Gasteiger partial charge in [-0.2, -0.15) is 0 Å². The first kappa shape index (κ1) is 25.6. The summed E-state index contributed by atoms with van der Waals surface area (Å²) in [4.78, 5) is 24.9. The van der Waals surface area contributed by atoms with Crippen molar-refractivity contribution >= 4 is 39.1 Å². The second-order valence-electron chi connectivity index (χ2n) is 8.49. The maximum atomic E-state index is 12.7. The monoisotopic (exact) mass is 497 g/mol. The zero-order valence-corrected chi connectivity index (χ0v) is 20.6. The Morgan fingerprint density at radius 3 is 2.09 bits per heavy atom. The average molecular weight is 498 g/mol. The fourth-order valence-corrected chi connectivity index (χ4v) is 4.06. The van der Waals surface area contributed by atoms with Gasteiger partial charge in [-0.25, -0.2) is 13.2 Å². The lowest BCUT2D eigenvalue weighted by Crippen LogP contribution is -2.27. The molecule has 0 aliphatic heterocycles. The lowest BCUT2D eigenvalue weighted by atomic mass is 10.2. The standard InChI is InChI=1S/C25H27N3O6S/c1-25(2,3)34-24(30)27-21-16-19(12-15-22(21)33-4)26-23(29)17-10-13-20(14-11-17)35(31,32)28-18-8-6-5-7-9-18/h5-16,28H,1-4H3,(H,26,29)(H,27,30). The molecule has 35 heavy (non-hydrogen) atoms. The molecule has 0 fully saturated rings. The highest BCUT2D eigenvalue weighted by Gasteiger charge is 2.19. The Kier molecular flexibility index (Phi) is 7.65. The lowest BCUT2D eigenvalue weighted by Gasteiger charge is -2.20. The SMILES string of the molecule is COc1ccc(NC(=O)c2ccc(S(=O)(=O)Nc3ccccc3)cc2)cc1NC(=O)OC(C)(C)C. The molecule has 0 unspecified atom stereocenters. The highest BCUT2D eigenvalue weighted by atomic mass is 32.2. The van der Waals surface area contributed by atoms with Gasteiger partial charge in [-0.3, -0.25) is 14.8 Å². The van der Waals surface area contributed by atoms with Crippen molar-refractivity contribution in [3.8, 4) is 5.75 Å². The Hall–Kier alpha value is -4.05. The molecule has 184 valence electrons. The van der Waals surface area contributed by atoms with E-state index in [4.69, 9.17) is 9.47 Å². The molecule has 3 N–H and O–H groups in total. The van der Waals surface area contributed by atoms with Crippen molar-refractivity contribution < 1.29 is 27.5 Å². The summed E-state index contributed by atoms with van der Waals surface area (Å²) in [5, 5.41) is 5.32. The molecule has 2 amide bonds. The molecule has 0 saturated heterocycles. The maximum Gasteiger partial charge on any atom is 0.412 e. The minimum absolute atomic E-state index is 0.0196. The minimum Gasteiger partial charge on any atom is -0.495 e. The number of nitrogens with one attached hydrogen (secondary N) is 3. The number of amides is 2. The van der Waals surface area contributed by atoms with Gasteiger partial charge in [-0.15, -0.1) is 0 Å². The van der Waals surface area contributed by atoms with Crippen molar-refractivity contribution in [1.29, 1.82) is 0 Å². The number of benzene rings is 3. The molecule has 0 atom stereocenters. The molecule has 0 aliphatic rings. The topological polar surface area (TPSA) is 123 Å². The molecular weight excluding hydrogens is 470 g/mol. The van der Waals surface area contributed by atoms with Crippen LogP contribution in [0.2, 0.25) is 0 Å². The van der Waals surface area contributed by atoms with Crippen LogP contribution in [0.25, 0.3) is 0 Å². The van der Waals surface area contributed by atoms with Crippen LogP contribution in [-0.4, -0.2) is 33.1 Å². The van der Waals surface area contributed by atoms with E-state index in [0.717, 1.165) is 0 Å². The number of hydrogen-bond donors (Lipinski definition) is 3. The molecule has 3 aromatic rings. The van der Waals surface area contributed by atoms with Gasteiger partial charge < -0.3 is 14.8 Å². The van der Waals surface area contributed by atoms with E-state index < -0.39 is 27.6 Å². The zero-order chi connectivity index (χ0) is 25.6. The summed E-state index contributed by atoms with van der Waals surface area (Å²) in [6.07, 6.45) is -0.666. The van der Waals surface area contributed by atoms with Crippen LogP contribution >= 0.6 is 0 Å². The van der Waals surface area contributed by atoms with Crippen LogP contribution in [0.5, 0.6) is 5.75 Å². The van der Waals surface area contributed by atoms with Gasteiger partial charge in [0.05, 0.1) is 17.7 Å². The van der Waals surface area contributed by atoms with Crippen LogP contribution in [0, 0.1) is 0 Å². The fraction of sp³-hybridized carbons (Fsp3) is 0.200. The van der Waals surface area contributed by atoms with Gasteiger partial charge in [0.2, 0.25) is 0 Å². The van der Waals surface area contributed by atoms with E-state index in [1.807, 2.05) is 0 Å². The Balaban J connectivity index is 1.72. The van der Waals surface area contributed by atoms with Crippen molar-refractivity contribution in [1.82, 2.24) is 0 Å². The van der Waals surface area contributed by atoms with E-state index in [1.165, 1.54) is 37.4 Å². The van der Waals surface area contributed by atoms with Crippen molar-refractivity contribution in [2.24, 2.45) is 0 Å². The van der Waals surface area contributed by atoms with Gasteiger partial charge >= 0.3 is 6.09 Å². The Labute approximate surface area is 204 Å². The molecule has 0 spiro atoms. The summed E-state index contributed by atoms with van der Waals surface area (Å²) >= 11 is 0. The highest BCUT2D eigenvalue weighted by Crippen LogP contribution is 2.29. The van der Waals surface area contributed by atoms with Crippen molar-refractivity contribution in [2.45, 2.75) is 31.3 Å². The number of methoxy groups -OCH3 is 1. The number of sulfonamides is 1. The molecule has 3 aromatic carbocycles. The number of rotatable bonds is 7. The summed E-state index contributed by atoms with van der Waals surface area (Å²) in [7, 11) is -2.35. The molecule has 3 rings (SSSR count). The third-order valence-electron chi connectivity index (χ3n) is 4.55. The van der Waals surface area contributed by atoms with Crippen LogP contribution in [0.4, 0.5) is 21.9 Å². The average Bonchev–Trinajstić information content (AvgIpc) is 2.78. The van der Waals surface area contributed by atoms with Crippen LogP contribution in [0.3, 0.4) is 0 Å². The van der Waals surface area contributed by atoms with Crippen molar-refractivity contribution in [3.05, 3.63) is 78.4 Å². The van der Waals surface area contributed by atoms with Crippen molar-refractivity contribution in [3.63, 3.8) is 0 Å². The van der Waals surface area contributed by atoms with Gasteiger partial charge in [-0.05, 0) is 75.4 Å². The van der Waals surface area contributed by atoms with E-state index in [2.05, 4.69) is 15.4 Å². The molecule has 0 radical (unpaired) electrons. The van der Waals surface area contributed by atoms with Gasteiger partial charge in [0.25, 0.3) is 15.9 Å². The van der Waals surface area contributed by atoms with E-state index in [1.54, 1.807) is 63.2 Å². The van der Waals surface area contributed by atoms with Crippen LogP contribution in [-0.2, 0) is 14.8 Å². The van der Waals surface area contributed by atoms with E-state index in [9.17, 15) is 18.0 Å².